The van der Waals surface area contributed by atoms with Gasteiger partial charge in [0.15, 0.2) is 0 Å². The number of rotatable bonds is 4. The first kappa shape index (κ1) is 55.1. The molecule has 6 rings (SSSR count). The van der Waals surface area contributed by atoms with Crippen LogP contribution in [0.25, 0.3) is 0 Å². The van der Waals surface area contributed by atoms with E-state index in [1.165, 1.54) is 52.6 Å². The average Bonchev–Trinajstić information content (AvgIpc) is 3.41. The van der Waals surface area contributed by atoms with Gasteiger partial charge in [0.25, 0.3) is 0 Å². The van der Waals surface area contributed by atoms with Crippen molar-refractivity contribution < 1.29 is 58.9 Å². The van der Waals surface area contributed by atoms with Crippen molar-refractivity contribution in [2.75, 3.05) is 0 Å². The molecule has 328 valence electrons. The molecule has 0 N–H and O–H groups in total. The summed E-state index contributed by atoms with van der Waals surface area (Å²) in [5.74, 6) is 2.30. The van der Waals surface area contributed by atoms with Crippen LogP contribution in [-0.2, 0) is 54.2 Å². The summed E-state index contributed by atoms with van der Waals surface area (Å²) in [6.45, 7) is 43.8. The van der Waals surface area contributed by atoms with Gasteiger partial charge in [0.1, 0.15) is 8.07 Å². The van der Waals surface area contributed by atoms with Crippen LogP contribution in [0.5, 0.6) is 0 Å². The Labute approximate surface area is 403 Å². The van der Waals surface area contributed by atoms with Crippen LogP contribution in [0.15, 0.2) is 78.9 Å². The van der Waals surface area contributed by atoms with Crippen molar-refractivity contribution >= 4 is 23.6 Å². The quantitative estimate of drug-likeness (QED) is 0.208. The Hall–Kier alpha value is -1.06. The number of hydrogen-bond donors (Lipinski definition) is 0. The van der Waals surface area contributed by atoms with E-state index < -0.39 is 8.07 Å². The maximum atomic E-state index is 2.84. The standard InChI is InChI=1S/C55H79Si.3ClH.Ti/c1-50(2,3)36-27-37(51(4,5)6)31-42(30-36)56(43-32-38(52(7,8)9)28-39(33-43)53(10,11)12,44-34-40(54(13,14)15)29-41(35-44)55(16,17)18)49-47-25-21-19-23-45(47)46-24-20-22-26-48(46)49;;;;/h19,21,23,25-35,45-49H,20,22,24H2,1-18H3;3*1H;/q-1;;;;+4/p-3. The van der Waals surface area contributed by atoms with Gasteiger partial charge in [-0.1, -0.05) is 228 Å². The van der Waals surface area contributed by atoms with E-state index in [2.05, 4.69) is 210 Å². The molecule has 3 aromatic carbocycles. The number of halogens is 3. The Balaban J connectivity index is 0.00000310. The predicted molar refractivity (Wildman–Crippen MR) is 250 cm³/mol. The predicted octanol–water partition coefficient (Wildman–Crippen LogP) is 4.31. The molecule has 0 aromatic heterocycles. The van der Waals surface area contributed by atoms with Gasteiger partial charge in [-0.25, -0.2) is 0 Å². The molecule has 3 aliphatic carbocycles. The minimum absolute atomic E-state index is 0. The molecule has 60 heavy (non-hydrogen) atoms. The first-order valence-corrected chi connectivity index (χ1v) is 24.3. The molecule has 0 nitrogen and oxygen atoms in total. The van der Waals surface area contributed by atoms with Crippen molar-refractivity contribution in [3.05, 3.63) is 119 Å². The molecule has 0 bridgehead atoms. The number of allylic oxidation sites excluding steroid dienone is 4. The van der Waals surface area contributed by atoms with Gasteiger partial charge in [-0.05, 0) is 93.3 Å². The molecule has 3 aliphatic rings. The molecular weight excluding hydrogens is 843 g/mol. The van der Waals surface area contributed by atoms with E-state index in [-0.39, 0.29) is 91.4 Å². The van der Waals surface area contributed by atoms with E-state index in [0.717, 1.165) is 0 Å². The van der Waals surface area contributed by atoms with Crippen molar-refractivity contribution in [2.45, 2.75) is 182 Å². The smallest absolute Gasteiger partial charge is 1.00 e. The molecule has 0 radical (unpaired) electrons. The van der Waals surface area contributed by atoms with E-state index in [1.807, 2.05) is 0 Å². The van der Waals surface area contributed by atoms with Gasteiger partial charge in [0.2, 0.25) is 0 Å². The summed E-state index contributed by atoms with van der Waals surface area (Å²) in [5, 5.41) is 4.87. The Morgan fingerprint density at radius 2 is 0.717 bits per heavy atom. The minimum Gasteiger partial charge on any atom is -1.00 e. The normalized spacial score (nSPS) is 22.1. The van der Waals surface area contributed by atoms with E-state index in [0.29, 0.717) is 29.2 Å². The zero-order valence-electron chi connectivity index (χ0n) is 40.7. The van der Waals surface area contributed by atoms with Crippen molar-refractivity contribution in [1.82, 2.24) is 0 Å². The Bertz CT molecular complexity index is 1720. The van der Waals surface area contributed by atoms with Crippen LogP contribution in [0, 0.1) is 30.1 Å². The molecular formula is C55H79Cl3SiTi. The van der Waals surface area contributed by atoms with Crippen LogP contribution in [0.4, 0.5) is 0 Å². The average molecular weight is 923 g/mol. The van der Waals surface area contributed by atoms with E-state index in [4.69, 9.17) is 0 Å². The van der Waals surface area contributed by atoms with Crippen LogP contribution in [0.1, 0.15) is 177 Å². The Kier molecular flexibility index (Phi) is 17.3. The molecule has 3 aromatic rings. The molecule has 0 heterocycles. The molecule has 0 amide bonds. The number of hydrogen-bond acceptors (Lipinski definition) is 0. The van der Waals surface area contributed by atoms with Gasteiger partial charge >= 0.3 is 21.7 Å². The second-order valence-corrected chi connectivity index (χ2v) is 28.6. The van der Waals surface area contributed by atoms with E-state index in [1.54, 1.807) is 15.6 Å². The first-order chi connectivity index (χ1) is 25.5. The molecule has 2 saturated carbocycles. The van der Waals surface area contributed by atoms with Crippen LogP contribution >= 0.6 is 0 Å². The third-order valence-corrected chi connectivity index (χ3v) is 19.4. The topological polar surface area (TPSA) is 0 Å². The fourth-order valence-electron chi connectivity index (χ4n) is 10.4. The molecule has 5 heteroatoms. The minimum atomic E-state index is -2.98. The van der Waals surface area contributed by atoms with Gasteiger partial charge in [0.05, 0.1) is 0 Å². The van der Waals surface area contributed by atoms with Gasteiger partial charge in [0, 0.05) is 0 Å². The summed E-state index contributed by atoms with van der Waals surface area (Å²) in [6, 6.07) is 24.2. The third-order valence-electron chi connectivity index (χ3n) is 14.1. The summed E-state index contributed by atoms with van der Waals surface area (Å²) in [7, 11) is -2.98. The van der Waals surface area contributed by atoms with Crippen molar-refractivity contribution in [1.29, 1.82) is 0 Å². The fraction of sp³-hybridized carbons (Fsp3) is 0.582. The zero-order valence-corrected chi connectivity index (χ0v) is 45.6. The van der Waals surface area contributed by atoms with Gasteiger partial charge in [-0.15, -0.1) is 0 Å². The van der Waals surface area contributed by atoms with Crippen LogP contribution in [0.3, 0.4) is 0 Å². The SMILES string of the molecule is CC(C)(C)c1cc(C(C)(C)C)cc([Si](c2cc(C(C)(C)C)cc(C(C)(C)C)c2)(c2cc(C(C)(C)C)cc(C(C)(C)C)c2)C2C3C=CC=CC3C3CCC[CH-]C32)c1.[Cl-].[Cl-].[Cl-].[Ti+4]. The molecule has 5 unspecified atom stereocenters. The van der Waals surface area contributed by atoms with Crippen LogP contribution in [0.2, 0.25) is 5.54 Å². The summed E-state index contributed by atoms with van der Waals surface area (Å²) in [5.41, 5.74) is 9.37. The Morgan fingerprint density at radius 3 is 1.00 bits per heavy atom. The van der Waals surface area contributed by atoms with Gasteiger partial charge in [-0.2, -0.15) is 12.3 Å². The second-order valence-electron chi connectivity index (χ2n) is 24.6. The molecule has 0 saturated heterocycles. The summed E-state index contributed by atoms with van der Waals surface area (Å²) >= 11 is 0. The fourth-order valence-corrected chi connectivity index (χ4v) is 16.7. The first-order valence-electron chi connectivity index (χ1n) is 22.2. The monoisotopic (exact) mass is 920 g/mol. The maximum Gasteiger partial charge on any atom is 4.00 e. The van der Waals surface area contributed by atoms with Crippen molar-refractivity contribution in [2.24, 2.45) is 23.7 Å². The second kappa shape index (κ2) is 18.8. The van der Waals surface area contributed by atoms with Crippen LogP contribution < -0.4 is 52.8 Å². The van der Waals surface area contributed by atoms with Crippen molar-refractivity contribution in [3.8, 4) is 0 Å². The van der Waals surface area contributed by atoms with Crippen molar-refractivity contribution in [3.63, 3.8) is 0 Å². The number of fused-ring (bicyclic) bond motifs is 3. The van der Waals surface area contributed by atoms with E-state index in [9.17, 15) is 0 Å². The van der Waals surface area contributed by atoms with Gasteiger partial charge < -0.3 is 43.6 Å². The molecule has 0 aliphatic heterocycles. The largest absolute Gasteiger partial charge is 4.00 e. The van der Waals surface area contributed by atoms with Gasteiger partial charge in [-0.3, -0.25) is 0 Å². The summed E-state index contributed by atoms with van der Waals surface area (Å²) in [4.78, 5) is 0. The molecule has 5 atom stereocenters. The summed E-state index contributed by atoms with van der Waals surface area (Å²) in [6.07, 6.45) is 16.8. The van der Waals surface area contributed by atoms with E-state index >= 15 is 0 Å². The third kappa shape index (κ3) is 10.7. The molecule has 0 spiro atoms. The zero-order chi connectivity index (χ0) is 41.6. The van der Waals surface area contributed by atoms with Crippen LogP contribution in [-0.4, -0.2) is 8.07 Å². The maximum absolute atomic E-state index is 2.98. The Morgan fingerprint density at radius 1 is 0.433 bits per heavy atom. The summed E-state index contributed by atoms with van der Waals surface area (Å²) < 4.78 is 0. The molecule has 2 fully saturated rings. The number of benzene rings is 3.